The molecule has 0 atom stereocenters. The lowest BCUT2D eigenvalue weighted by Crippen LogP contribution is -2.68. The Morgan fingerprint density at radius 3 is 2.03 bits per heavy atom. The molecule has 0 amide bonds. The number of sulfonamides is 1. The molecule has 1 aromatic heterocycles. The number of rotatable bonds is 4. The van der Waals surface area contributed by atoms with E-state index in [1.165, 1.54) is 17.2 Å². The summed E-state index contributed by atoms with van der Waals surface area (Å²) in [6.45, 7) is 1.90. The van der Waals surface area contributed by atoms with Crippen molar-refractivity contribution in [2.75, 3.05) is 4.41 Å². The smallest absolute Gasteiger partial charge is 0.222 e. The van der Waals surface area contributed by atoms with E-state index in [-0.39, 0.29) is 4.90 Å². The monoisotopic (exact) mass is 459 g/mol. The van der Waals surface area contributed by atoms with E-state index in [2.05, 4.69) is 5.10 Å². The maximum absolute atomic E-state index is 13.2. The van der Waals surface area contributed by atoms with Crippen LogP contribution in [0.2, 0.25) is 5.02 Å². The number of aryl methyl sites for hydroxylation is 1. The van der Waals surface area contributed by atoms with Crippen molar-refractivity contribution in [3.8, 4) is 0 Å². The molecule has 0 unspecified atom stereocenters. The van der Waals surface area contributed by atoms with Crippen LogP contribution in [-0.4, -0.2) is 13.5 Å². The first-order valence-corrected chi connectivity index (χ1v) is 10.9. The van der Waals surface area contributed by atoms with Crippen LogP contribution in [0.3, 0.4) is 0 Å². The van der Waals surface area contributed by atoms with Crippen molar-refractivity contribution in [3.05, 3.63) is 83.6 Å². The van der Waals surface area contributed by atoms with Gasteiger partial charge >= 0.3 is 10.0 Å². The van der Waals surface area contributed by atoms with Crippen LogP contribution in [0.5, 0.6) is 0 Å². The van der Waals surface area contributed by atoms with Gasteiger partial charge in [-0.3, -0.25) is 0 Å². The van der Waals surface area contributed by atoms with Gasteiger partial charge in [-0.25, -0.2) is 18.6 Å². The average Bonchev–Trinajstić information content (AvgIpc) is 2.62. The summed E-state index contributed by atoms with van der Waals surface area (Å²) in [5.41, 5.74) is 1.44. The second kappa shape index (κ2) is 9.46. The molecule has 29 heavy (non-hydrogen) atoms. The number of nitrogens with zero attached hydrogens (tertiary/aromatic N) is 3. The highest BCUT2D eigenvalue weighted by Gasteiger charge is 2.34. The molecule has 0 fully saturated rings. The van der Waals surface area contributed by atoms with Gasteiger partial charge < -0.3 is 0 Å². The fraction of sp³-hybridized carbons (Fsp3) is 0.0588. The molecule has 0 saturated carbocycles. The Morgan fingerprint density at radius 1 is 0.966 bits per heavy atom. The Morgan fingerprint density at radius 2 is 1.52 bits per heavy atom. The SMILES string of the molecule is Cc1ccc(S(=O)(=O)N(c2ccccc2)[n+]2cc(Cl)ccn2)cc1.[O-][Cl+3]([O-])([O-])[O-]. The van der Waals surface area contributed by atoms with E-state index in [9.17, 15) is 8.42 Å². The van der Waals surface area contributed by atoms with Gasteiger partial charge in [-0.05, 0) is 41.7 Å². The zero-order chi connectivity index (χ0) is 21.7. The Kier molecular flexibility index (Phi) is 7.49. The van der Waals surface area contributed by atoms with Crippen molar-refractivity contribution >= 4 is 27.3 Å². The largest absolute Gasteiger partial charge is 0.315 e. The Balaban J connectivity index is 0.000000537. The van der Waals surface area contributed by atoms with Gasteiger partial charge in [0.25, 0.3) is 6.20 Å². The summed E-state index contributed by atoms with van der Waals surface area (Å²) in [6, 6.07) is 17.0. The summed E-state index contributed by atoms with van der Waals surface area (Å²) in [5, 5.41) is 4.48. The number of hydrogen-bond donors (Lipinski definition) is 0. The predicted octanol–water partition coefficient (Wildman–Crippen LogP) is -1.77. The number of hydrogen-bond acceptors (Lipinski definition) is 7. The minimum Gasteiger partial charge on any atom is -0.222 e. The summed E-state index contributed by atoms with van der Waals surface area (Å²) in [4.78, 5) is 1.39. The van der Waals surface area contributed by atoms with Crippen LogP contribution in [-0.2, 0) is 10.0 Å². The second-order valence-electron chi connectivity index (χ2n) is 5.54. The Hall–Kier alpha value is -2.31. The van der Waals surface area contributed by atoms with Crippen LogP contribution in [0.15, 0.2) is 78.0 Å². The van der Waals surface area contributed by atoms with E-state index >= 15 is 0 Å². The predicted molar refractivity (Wildman–Crippen MR) is 92.1 cm³/mol. The van der Waals surface area contributed by atoms with Crippen LogP contribution in [0.1, 0.15) is 5.56 Å². The molecule has 0 bridgehead atoms. The Bertz CT molecular complexity index is 1040. The first-order valence-electron chi connectivity index (χ1n) is 7.81. The third-order valence-electron chi connectivity index (χ3n) is 3.37. The normalized spacial score (nSPS) is 11.4. The molecule has 0 aliphatic heterocycles. The highest BCUT2D eigenvalue weighted by molar-refractivity contribution is 7.92. The summed E-state index contributed by atoms with van der Waals surface area (Å²) in [5.74, 6) is 0. The molecule has 0 N–H and O–H groups in total. The van der Waals surface area contributed by atoms with Crippen LogP contribution >= 0.6 is 11.6 Å². The molecule has 3 aromatic rings. The van der Waals surface area contributed by atoms with Crippen molar-refractivity contribution in [1.82, 2.24) is 5.10 Å². The van der Waals surface area contributed by atoms with E-state index < -0.39 is 20.3 Å². The van der Waals surface area contributed by atoms with E-state index in [0.717, 1.165) is 9.98 Å². The van der Waals surface area contributed by atoms with Gasteiger partial charge in [0.15, 0.2) is 0 Å². The van der Waals surface area contributed by atoms with Gasteiger partial charge in [-0.2, -0.15) is 8.42 Å². The van der Waals surface area contributed by atoms with E-state index in [4.69, 9.17) is 30.2 Å². The third kappa shape index (κ3) is 6.91. The first-order chi connectivity index (χ1) is 13.5. The summed E-state index contributed by atoms with van der Waals surface area (Å²) in [6.07, 6.45) is 2.89. The minimum atomic E-state index is -4.94. The molecule has 154 valence electrons. The van der Waals surface area contributed by atoms with Gasteiger partial charge in [-0.15, -0.1) is 10.2 Å². The number of benzene rings is 2. The Labute approximate surface area is 174 Å². The topological polar surface area (TPSA) is 146 Å². The number of para-hydroxylation sites is 1. The zero-order valence-electron chi connectivity index (χ0n) is 14.9. The highest BCUT2D eigenvalue weighted by Crippen LogP contribution is 2.21. The molecule has 2 aromatic carbocycles. The fourth-order valence-electron chi connectivity index (χ4n) is 2.19. The maximum Gasteiger partial charge on any atom is 0.315 e. The molecule has 0 saturated heterocycles. The van der Waals surface area contributed by atoms with Gasteiger partial charge in [0.2, 0.25) is 0 Å². The lowest BCUT2D eigenvalue weighted by Gasteiger charge is -2.17. The fourth-order valence-corrected chi connectivity index (χ4v) is 3.72. The van der Waals surface area contributed by atoms with Crippen molar-refractivity contribution in [1.29, 1.82) is 0 Å². The second-order valence-corrected chi connectivity index (χ2v) is 8.50. The van der Waals surface area contributed by atoms with Gasteiger partial charge in [0.1, 0.15) is 10.7 Å². The number of aromatic nitrogens is 2. The van der Waals surface area contributed by atoms with Gasteiger partial charge in [-0.1, -0.05) is 47.5 Å². The van der Waals surface area contributed by atoms with Crippen LogP contribution in [0.4, 0.5) is 5.69 Å². The average molecular weight is 460 g/mol. The van der Waals surface area contributed by atoms with Crippen molar-refractivity contribution in [2.24, 2.45) is 0 Å². The molecule has 9 nitrogen and oxygen atoms in total. The quantitative estimate of drug-likeness (QED) is 0.419. The molecule has 1 heterocycles. The molecular weight excluding hydrogens is 445 g/mol. The molecule has 0 aliphatic carbocycles. The van der Waals surface area contributed by atoms with Crippen LogP contribution < -0.4 is 27.8 Å². The summed E-state index contributed by atoms with van der Waals surface area (Å²) in [7, 11) is -8.81. The van der Waals surface area contributed by atoms with E-state index in [1.54, 1.807) is 54.6 Å². The van der Waals surface area contributed by atoms with E-state index in [0.29, 0.717) is 10.7 Å². The van der Waals surface area contributed by atoms with Crippen LogP contribution in [0.25, 0.3) is 0 Å². The van der Waals surface area contributed by atoms with Crippen molar-refractivity contribution < 1.29 is 42.1 Å². The molecule has 0 spiro atoms. The van der Waals surface area contributed by atoms with E-state index in [1.807, 2.05) is 13.0 Å². The highest BCUT2D eigenvalue weighted by atomic mass is 35.7. The standard InChI is InChI=1S/C17H15ClN3O2S.ClHO4/c1-14-7-9-17(10-8-14)24(22,23)21(16-5-3-2-4-6-16)20-13-15(18)11-12-19-20;2-1(3,4)5/h2-13H,1H3;(H,2,3,4,5)/q+1;/p-1. The maximum atomic E-state index is 13.2. The molecule has 3 rings (SSSR count). The van der Waals surface area contributed by atoms with Crippen molar-refractivity contribution in [3.63, 3.8) is 0 Å². The molecule has 0 radical (unpaired) electrons. The molecule has 12 heteroatoms. The summed E-state index contributed by atoms with van der Waals surface area (Å²) < 4.78 is 61.4. The number of halogens is 2. The van der Waals surface area contributed by atoms with Crippen molar-refractivity contribution in [2.45, 2.75) is 11.8 Å². The molecular formula is C17H15Cl2N3O6S. The minimum absolute atomic E-state index is 0.172. The third-order valence-corrected chi connectivity index (χ3v) is 5.29. The lowest BCUT2D eigenvalue weighted by atomic mass is 10.2. The van der Waals surface area contributed by atoms with Gasteiger partial charge in [0.05, 0.1) is 11.1 Å². The van der Waals surface area contributed by atoms with Gasteiger partial charge in [0, 0.05) is 9.89 Å². The number of anilines is 1. The molecule has 0 aliphatic rings. The zero-order valence-corrected chi connectivity index (χ0v) is 17.2. The summed E-state index contributed by atoms with van der Waals surface area (Å²) >= 11 is 6.01. The first kappa shape index (κ1) is 23.0. The van der Waals surface area contributed by atoms with Crippen LogP contribution in [0, 0.1) is 17.2 Å². The lowest BCUT2D eigenvalue weighted by molar-refractivity contribution is -2.00.